The van der Waals surface area contributed by atoms with Crippen LogP contribution in [0.1, 0.15) is 24.8 Å². The highest BCUT2D eigenvalue weighted by molar-refractivity contribution is 6.30. The predicted octanol–water partition coefficient (Wildman–Crippen LogP) is 3.55. The number of halogens is 1. The zero-order valence-electron chi connectivity index (χ0n) is 8.58. The number of hydrogen-bond acceptors (Lipinski definition) is 2. The molecule has 0 atom stereocenters. The van der Waals surface area contributed by atoms with E-state index in [2.05, 4.69) is 6.07 Å². The monoisotopic (exact) mass is 223 g/mol. The Balaban J connectivity index is 2.10. The molecule has 2 nitrogen and oxygen atoms in total. The predicted molar refractivity (Wildman–Crippen MR) is 60.6 cm³/mol. The van der Waals surface area contributed by atoms with Crippen molar-refractivity contribution in [2.45, 2.75) is 25.9 Å². The van der Waals surface area contributed by atoms with Crippen LogP contribution in [0.3, 0.4) is 0 Å². The Morgan fingerprint density at radius 2 is 1.93 bits per heavy atom. The molecule has 0 unspecified atom stereocenters. The van der Waals surface area contributed by atoms with Gasteiger partial charge in [0.05, 0.1) is 12.7 Å². The van der Waals surface area contributed by atoms with Crippen molar-refractivity contribution in [3.8, 4) is 6.07 Å². The van der Waals surface area contributed by atoms with Gasteiger partial charge in [0.1, 0.15) is 0 Å². The largest absolute Gasteiger partial charge is 0.377 e. The van der Waals surface area contributed by atoms with Crippen molar-refractivity contribution in [2.24, 2.45) is 0 Å². The third-order valence-corrected chi connectivity index (χ3v) is 2.26. The van der Waals surface area contributed by atoms with Crippen LogP contribution in [-0.2, 0) is 11.3 Å². The van der Waals surface area contributed by atoms with Crippen molar-refractivity contribution in [3.63, 3.8) is 0 Å². The molecule has 0 bridgehead atoms. The molecule has 0 N–H and O–H groups in total. The minimum absolute atomic E-state index is 0.615. The van der Waals surface area contributed by atoms with Crippen molar-refractivity contribution in [3.05, 3.63) is 34.9 Å². The van der Waals surface area contributed by atoms with Gasteiger partial charge in [-0.3, -0.25) is 0 Å². The van der Waals surface area contributed by atoms with Crippen molar-refractivity contribution in [1.29, 1.82) is 5.26 Å². The van der Waals surface area contributed by atoms with E-state index >= 15 is 0 Å². The summed E-state index contributed by atoms with van der Waals surface area (Å²) in [6, 6.07) is 9.74. The summed E-state index contributed by atoms with van der Waals surface area (Å²) >= 11 is 5.76. The summed E-state index contributed by atoms with van der Waals surface area (Å²) in [6.45, 7) is 1.33. The highest BCUT2D eigenvalue weighted by atomic mass is 35.5. The maximum Gasteiger partial charge on any atom is 0.0716 e. The Bertz CT molecular complexity index is 315. The van der Waals surface area contributed by atoms with Crippen LogP contribution in [0.4, 0.5) is 0 Å². The van der Waals surface area contributed by atoms with Gasteiger partial charge in [-0.2, -0.15) is 5.26 Å². The van der Waals surface area contributed by atoms with E-state index in [4.69, 9.17) is 21.6 Å². The number of unbranched alkanes of at least 4 members (excludes halogenated alkanes) is 2. The molecular formula is C12H14ClNO. The minimum atomic E-state index is 0.615. The van der Waals surface area contributed by atoms with Gasteiger partial charge in [0, 0.05) is 18.1 Å². The molecule has 0 fully saturated rings. The van der Waals surface area contributed by atoms with Crippen molar-refractivity contribution in [1.82, 2.24) is 0 Å². The number of benzene rings is 1. The Morgan fingerprint density at radius 3 is 2.60 bits per heavy atom. The molecule has 80 valence electrons. The quantitative estimate of drug-likeness (QED) is 0.691. The highest BCUT2D eigenvalue weighted by Crippen LogP contribution is 2.10. The lowest BCUT2D eigenvalue weighted by Gasteiger charge is -2.03. The number of nitrogens with zero attached hydrogens (tertiary/aromatic N) is 1. The maximum absolute atomic E-state index is 8.32. The summed E-state index contributed by atoms with van der Waals surface area (Å²) in [4.78, 5) is 0. The normalized spacial score (nSPS) is 9.87. The van der Waals surface area contributed by atoms with E-state index in [0.717, 1.165) is 23.4 Å². The lowest BCUT2D eigenvalue weighted by atomic mass is 10.2. The van der Waals surface area contributed by atoms with Gasteiger partial charge in [0.25, 0.3) is 0 Å². The molecule has 0 spiro atoms. The maximum atomic E-state index is 8.32. The Labute approximate surface area is 95.4 Å². The van der Waals surface area contributed by atoms with E-state index in [1.165, 1.54) is 0 Å². The molecule has 0 heterocycles. The van der Waals surface area contributed by atoms with Crippen LogP contribution in [-0.4, -0.2) is 6.61 Å². The smallest absolute Gasteiger partial charge is 0.0716 e. The highest BCUT2D eigenvalue weighted by Gasteiger charge is 1.93. The molecule has 0 aliphatic rings. The van der Waals surface area contributed by atoms with Crippen molar-refractivity contribution >= 4 is 11.6 Å². The number of ether oxygens (including phenoxy) is 1. The van der Waals surface area contributed by atoms with E-state index in [-0.39, 0.29) is 0 Å². The molecule has 15 heavy (non-hydrogen) atoms. The van der Waals surface area contributed by atoms with E-state index in [9.17, 15) is 0 Å². The topological polar surface area (TPSA) is 33.0 Å². The average Bonchev–Trinajstić information content (AvgIpc) is 2.26. The first-order valence-corrected chi connectivity index (χ1v) is 5.40. The van der Waals surface area contributed by atoms with Gasteiger partial charge >= 0.3 is 0 Å². The molecule has 1 aromatic carbocycles. The van der Waals surface area contributed by atoms with Crippen LogP contribution in [0.15, 0.2) is 24.3 Å². The van der Waals surface area contributed by atoms with Crippen LogP contribution in [0.25, 0.3) is 0 Å². The Hall–Kier alpha value is -1.04. The average molecular weight is 224 g/mol. The second-order valence-corrected chi connectivity index (χ2v) is 3.73. The van der Waals surface area contributed by atoms with Gasteiger partial charge in [0.15, 0.2) is 0 Å². The second-order valence-electron chi connectivity index (χ2n) is 3.29. The number of hydrogen-bond donors (Lipinski definition) is 0. The van der Waals surface area contributed by atoms with E-state index in [1.807, 2.05) is 24.3 Å². The summed E-state index contributed by atoms with van der Waals surface area (Å²) in [5, 5.41) is 9.07. The van der Waals surface area contributed by atoms with E-state index in [0.29, 0.717) is 19.6 Å². The summed E-state index contributed by atoms with van der Waals surface area (Å²) in [6.07, 6.45) is 2.47. The zero-order chi connectivity index (χ0) is 10.9. The zero-order valence-corrected chi connectivity index (χ0v) is 9.33. The molecule has 0 saturated carbocycles. The van der Waals surface area contributed by atoms with Crippen molar-refractivity contribution < 1.29 is 4.74 Å². The molecular weight excluding hydrogens is 210 g/mol. The first-order valence-electron chi connectivity index (χ1n) is 5.02. The molecule has 1 aromatic rings. The summed E-state index contributed by atoms with van der Waals surface area (Å²) in [5.74, 6) is 0. The molecule has 3 heteroatoms. The summed E-state index contributed by atoms with van der Waals surface area (Å²) < 4.78 is 5.45. The Morgan fingerprint density at radius 1 is 1.20 bits per heavy atom. The first kappa shape index (κ1) is 12.0. The third-order valence-electron chi connectivity index (χ3n) is 2.01. The fraction of sp³-hybridized carbons (Fsp3) is 0.417. The summed E-state index contributed by atoms with van der Waals surface area (Å²) in [7, 11) is 0. The van der Waals surface area contributed by atoms with Crippen molar-refractivity contribution in [2.75, 3.05) is 6.61 Å². The van der Waals surface area contributed by atoms with Crippen LogP contribution >= 0.6 is 11.6 Å². The molecule has 1 rings (SSSR count). The molecule has 0 amide bonds. The lowest BCUT2D eigenvalue weighted by molar-refractivity contribution is 0.117. The molecule has 0 aliphatic heterocycles. The lowest BCUT2D eigenvalue weighted by Crippen LogP contribution is -1.95. The van der Waals surface area contributed by atoms with Gasteiger partial charge in [-0.05, 0) is 30.5 Å². The van der Waals surface area contributed by atoms with Crippen LogP contribution in [0.5, 0.6) is 0 Å². The fourth-order valence-electron chi connectivity index (χ4n) is 1.18. The fourth-order valence-corrected chi connectivity index (χ4v) is 1.30. The van der Waals surface area contributed by atoms with E-state index in [1.54, 1.807) is 0 Å². The molecule has 0 radical (unpaired) electrons. The van der Waals surface area contributed by atoms with Gasteiger partial charge in [-0.1, -0.05) is 23.7 Å². The Kier molecular flexibility index (Phi) is 5.84. The third kappa shape index (κ3) is 5.41. The van der Waals surface area contributed by atoms with Crippen LogP contribution in [0, 0.1) is 11.3 Å². The van der Waals surface area contributed by atoms with Crippen LogP contribution in [0.2, 0.25) is 5.02 Å². The first-order chi connectivity index (χ1) is 7.33. The number of nitriles is 1. The van der Waals surface area contributed by atoms with Gasteiger partial charge < -0.3 is 4.74 Å². The molecule has 0 aliphatic carbocycles. The standard InChI is InChI=1S/C12H14ClNO/c13-12-6-4-11(5-7-12)10-15-9-3-1-2-8-14/h4-7H,1-3,9-10H2. The minimum Gasteiger partial charge on any atom is -0.377 e. The second kappa shape index (κ2) is 7.28. The van der Waals surface area contributed by atoms with E-state index < -0.39 is 0 Å². The summed E-state index contributed by atoms with van der Waals surface area (Å²) in [5.41, 5.74) is 1.12. The molecule has 0 aromatic heterocycles. The molecule has 0 saturated heterocycles. The van der Waals surface area contributed by atoms with Gasteiger partial charge in [-0.15, -0.1) is 0 Å². The number of rotatable bonds is 6. The van der Waals surface area contributed by atoms with Gasteiger partial charge in [0.2, 0.25) is 0 Å². The SMILES string of the molecule is N#CCCCCOCc1ccc(Cl)cc1. The van der Waals surface area contributed by atoms with Gasteiger partial charge in [-0.25, -0.2) is 0 Å². The van der Waals surface area contributed by atoms with Crippen LogP contribution < -0.4 is 0 Å².